The van der Waals surface area contributed by atoms with Gasteiger partial charge in [0.2, 0.25) is 0 Å². The fourth-order valence-corrected chi connectivity index (χ4v) is 0.705. The van der Waals surface area contributed by atoms with Crippen molar-refractivity contribution in [2.75, 3.05) is 13.8 Å². The molecule has 1 rings (SSSR count). The summed E-state index contributed by atoms with van der Waals surface area (Å²) in [6.07, 6.45) is 1.70. The second-order valence-electron chi connectivity index (χ2n) is 2.02. The number of rotatable bonds is 3. The molecule has 2 N–H and O–H groups in total. The molecule has 1 aromatic heterocycles. The lowest BCUT2D eigenvalue weighted by Gasteiger charge is -1.99. The molecule has 11 heavy (non-hydrogen) atoms. The van der Waals surface area contributed by atoms with Crippen molar-refractivity contribution in [2.24, 2.45) is 0 Å². The van der Waals surface area contributed by atoms with Gasteiger partial charge in [0, 0.05) is 13.3 Å². The van der Waals surface area contributed by atoms with Crippen molar-refractivity contribution in [3.63, 3.8) is 0 Å². The van der Waals surface area contributed by atoms with Crippen LogP contribution in [0.2, 0.25) is 0 Å². The lowest BCUT2D eigenvalue weighted by molar-refractivity contribution is 0.0868. The van der Waals surface area contributed by atoms with E-state index in [4.69, 9.17) is 0 Å². The van der Waals surface area contributed by atoms with E-state index in [1.54, 1.807) is 18.3 Å². The number of carbonyl (C=O) groups excluding carboxylic acids is 1. The first-order chi connectivity index (χ1) is 5.34. The third-order valence-corrected chi connectivity index (χ3v) is 1.22. The van der Waals surface area contributed by atoms with Crippen molar-refractivity contribution in [3.8, 4) is 0 Å². The van der Waals surface area contributed by atoms with Gasteiger partial charge in [0.05, 0.1) is 0 Å². The summed E-state index contributed by atoms with van der Waals surface area (Å²) in [5.41, 5.74) is 0.544. The third-order valence-electron chi connectivity index (χ3n) is 1.22. The highest BCUT2D eigenvalue weighted by molar-refractivity contribution is 5.92. The molecule has 1 heterocycles. The topological polar surface area (TPSA) is 54.1 Å². The summed E-state index contributed by atoms with van der Waals surface area (Å²) >= 11 is 0. The van der Waals surface area contributed by atoms with Crippen LogP contribution in [0.4, 0.5) is 0 Å². The van der Waals surface area contributed by atoms with Crippen LogP contribution in [0.25, 0.3) is 0 Å². The summed E-state index contributed by atoms with van der Waals surface area (Å²) in [6, 6.07) is 3.46. The van der Waals surface area contributed by atoms with Crippen LogP contribution in [0.3, 0.4) is 0 Å². The van der Waals surface area contributed by atoms with Crippen LogP contribution in [-0.2, 0) is 4.74 Å². The van der Waals surface area contributed by atoms with E-state index in [1.807, 2.05) is 0 Å². The maximum absolute atomic E-state index is 11.0. The minimum absolute atomic E-state index is 0.156. The fraction of sp³-hybridized carbons (Fsp3) is 0.286. The van der Waals surface area contributed by atoms with Crippen molar-refractivity contribution in [1.82, 2.24) is 10.3 Å². The first-order valence-corrected chi connectivity index (χ1v) is 3.25. The van der Waals surface area contributed by atoms with Gasteiger partial charge in [0.15, 0.2) is 0 Å². The maximum atomic E-state index is 11.0. The van der Waals surface area contributed by atoms with Gasteiger partial charge in [-0.1, -0.05) is 0 Å². The molecular weight excluding hydrogens is 144 g/mol. The predicted octanol–water partition coefficient (Wildman–Crippen LogP) is 0.348. The monoisotopic (exact) mass is 154 g/mol. The number of methoxy groups -OCH3 is 1. The van der Waals surface area contributed by atoms with Gasteiger partial charge in [-0.25, -0.2) is 0 Å². The average molecular weight is 154 g/mol. The van der Waals surface area contributed by atoms with Crippen LogP contribution in [0.5, 0.6) is 0 Å². The largest absolute Gasteiger partial charge is 0.364 e. The summed E-state index contributed by atoms with van der Waals surface area (Å²) in [4.78, 5) is 13.8. The van der Waals surface area contributed by atoms with E-state index < -0.39 is 0 Å². The van der Waals surface area contributed by atoms with E-state index in [1.165, 1.54) is 7.11 Å². The van der Waals surface area contributed by atoms with Gasteiger partial charge < -0.3 is 15.0 Å². The Balaban J connectivity index is 2.43. The Kier molecular flexibility index (Phi) is 2.68. The van der Waals surface area contributed by atoms with Crippen molar-refractivity contribution in [2.45, 2.75) is 0 Å². The lowest BCUT2D eigenvalue weighted by atomic mass is 10.4. The number of hydrogen-bond acceptors (Lipinski definition) is 2. The number of H-pyrrole nitrogens is 1. The molecule has 60 valence electrons. The summed E-state index contributed by atoms with van der Waals surface area (Å²) < 4.78 is 4.66. The van der Waals surface area contributed by atoms with Crippen LogP contribution in [-0.4, -0.2) is 24.7 Å². The van der Waals surface area contributed by atoms with Gasteiger partial charge >= 0.3 is 0 Å². The Morgan fingerprint density at radius 3 is 3.18 bits per heavy atom. The molecule has 0 aromatic carbocycles. The quantitative estimate of drug-likeness (QED) is 0.617. The molecule has 0 aliphatic rings. The minimum Gasteiger partial charge on any atom is -0.364 e. The zero-order chi connectivity index (χ0) is 8.10. The van der Waals surface area contributed by atoms with Crippen molar-refractivity contribution in [3.05, 3.63) is 24.0 Å². The summed E-state index contributed by atoms with van der Waals surface area (Å²) in [5, 5.41) is 2.54. The average Bonchev–Trinajstić information content (AvgIpc) is 2.52. The molecule has 0 spiro atoms. The molecule has 0 radical (unpaired) electrons. The van der Waals surface area contributed by atoms with Gasteiger partial charge in [0.1, 0.15) is 12.4 Å². The molecule has 0 unspecified atom stereocenters. The zero-order valence-electron chi connectivity index (χ0n) is 6.26. The highest BCUT2D eigenvalue weighted by Gasteiger charge is 2.02. The summed E-state index contributed by atoms with van der Waals surface area (Å²) in [6.45, 7) is 0.234. The second kappa shape index (κ2) is 3.78. The number of amides is 1. The molecule has 4 nitrogen and oxygen atoms in total. The third kappa shape index (κ3) is 2.09. The van der Waals surface area contributed by atoms with E-state index in [0.29, 0.717) is 5.69 Å². The van der Waals surface area contributed by atoms with E-state index >= 15 is 0 Å². The Morgan fingerprint density at radius 2 is 2.64 bits per heavy atom. The zero-order valence-corrected chi connectivity index (χ0v) is 6.26. The molecule has 0 atom stereocenters. The predicted molar refractivity (Wildman–Crippen MR) is 40.1 cm³/mol. The Bertz CT molecular complexity index is 218. The lowest BCUT2D eigenvalue weighted by Crippen LogP contribution is -2.25. The van der Waals surface area contributed by atoms with E-state index in [-0.39, 0.29) is 12.6 Å². The van der Waals surface area contributed by atoms with Crippen molar-refractivity contribution >= 4 is 5.91 Å². The number of aromatic amines is 1. The van der Waals surface area contributed by atoms with Crippen molar-refractivity contribution in [1.29, 1.82) is 0 Å². The Morgan fingerprint density at radius 1 is 1.82 bits per heavy atom. The van der Waals surface area contributed by atoms with Crippen LogP contribution in [0, 0.1) is 0 Å². The van der Waals surface area contributed by atoms with Crippen LogP contribution >= 0.6 is 0 Å². The molecule has 0 bridgehead atoms. The first kappa shape index (κ1) is 7.81. The van der Waals surface area contributed by atoms with Gasteiger partial charge in [-0.15, -0.1) is 0 Å². The molecule has 1 aromatic rings. The summed E-state index contributed by atoms with van der Waals surface area (Å²) in [7, 11) is 1.52. The van der Waals surface area contributed by atoms with Crippen LogP contribution in [0.1, 0.15) is 10.5 Å². The van der Waals surface area contributed by atoms with Gasteiger partial charge in [0.25, 0.3) is 5.91 Å². The number of hydrogen-bond donors (Lipinski definition) is 2. The number of nitrogens with one attached hydrogen (secondary N) is 2. The highest BCUT2D eigenvalue weighted by atomic mass is 16.5. The normalized spacial score (nSPS) is 9.55. The van der Waals surface area contributed by atoms with E-state index in [0.717, 1.165) is 0 Å². The number of ether oxygens (including phenoxy) is 1. The van der Waals surface area contributed by atoms with E-state index in [2.05, 4.69) is 15.0 Å². The smallest absolute Gasteiger partial charge is 0.269 e. The number of aromatic nitrogens is 1. The summed E-state index contributed by atoms with van der Waals surface area (Å²) in [5.74, 6) is -0.156. The molecule has 0 aliphatic heterocycles. The molecule has 0 saturated heterocycles. The Labute approximate surface area is 64.6 Å². The molecule has 4 heteroatoms. The Hall–Kier alpha value is -1.29. The SMILES string of the molecule is COCNC(=O)c1ccc[nH]1. The highest BCUT2D eigenvalue weighted by Crippen LogP contribution is 1.92. The second-order valence-corrected chi connectivity index (χ2v) is 2.02. The van der Waals surface area contributed by atoms with Gasteiger partial charge in [-0.3, -0.25) is 4.79 Å². The van der Waals surface area contributed by atoms with E-state index in [9.17, 15) is 4.79 Å². The molecule has 0 aliphatic carbocycles. The molecule has 0 fully saturated rings. The standard InChI is InChI=1S/C7H10N2O2/c1-11-5-9-7(10)6-3-2-4-8-6/h2-4,8H,5H2,1H3,(H,9,10). The van der Waals surface area contributed by atoms with Crippen molar-refractivity contribution < 1.29 is 9.53 Å². The molecule has 1 amide bonds. The maximum Gasteiger partial charge on any atom is 0.269 e. The van der Waals surface area contributed by atoms with Gasteiger partial charge in [-0.2, -0.15) is 0 Å². The fourth-order valence-electron chi connectivity index (χ4n) is 0.705. The first-order valence-electron chi connectivity index (χ1n) is 3.25. The molecule has 0 saturated carbocycles. The van der Waals surface area contributed by atoms with Gasteiger partial charge in [-0.05, 0) is 12.1 Å². The molecular formula is C7H10N2O2. The van der Waals surface area contributed by atoms with Crippen LogP contribution < -0.4 is 5.32 Å². The minimum atomic E-state index is -0.156. The van der Waals surface area contributed by atoms with Crippen LogP contribution in [0.15, 0.2) is 18.3 Å². The number of carbonyl (C=O) groups is 1.